The van der Waals surface area contributed by atoms with Crippen LogP contribution in [0.5, 0.6) is 0 Å². The second kappa shape index (κ2) is 6.33. The minimum atomic E-state index is -0.541. The molecule has 5 nitrogen and oxygen atoms in total. The van der Waals surface area contributed by atoms with Crippen molar-refractivity contribution >= 4 is 27.3 Å². The van der Waals surface area contributed by atoms with Crippen LogP contribution in [0.25, 0.3) is 0 Å². The van der Waals surface area contributed by atoms with Crippen molar-refractivity contribution in [1.29, 1.82) is 5.26 Å². The molecule has 0 aliphatic heterocycles. The summed E-state index contributed by atoms with van der Waals surface area (Å²) in [5.41, 5.74) is 1.07. The molecule has 1 N–H and O–H groups in total. The van der Waals surface area contributed by atoms with E-state index in [9.17, 15) is 14.5 Å². The molecule has 0 radical (unpaired) electrons. The first-order chi connectivity index (χ1) is 10.0. The number of hydrogen-bond acceptors (Lipinski definition) is 4. The number of hydrogen-bond donors (Lipinski definition) is 1. The number of halogens is 2. The van der Waals surface area contributed by atoms with E-state index in [-0.39, 0.29) is 23.5 Å². The standard InChI is InChI=1S/C14H9BrFN3O2/c15-11-3-1-10(6-14(11)19(20)21)8-18-13-4-2-9(7-17)5-12(13)16/h1-6,18H,8H2. The molecule has 0 heterocycles. The number of nitrogens with one attached hydrogen (secondary N) is 1. The van der Waals surface area contributed by atoms with Crippen LogP contribution in [0.3, 0.4) is 0 Å². The molecule has 0 amide bonds. The maximum Gasteiger partial charge on any atom is 0.283 e. The summed E-state index contributed by atoms with van der Waals surface area (Å²) >= 11 is 3.10. The molecule has 106 valence electrons. The molecule has 0 aromatic heterocycles. The number of benzene rings is 2. The number of rotatable bonds is 4. The van der Waals surface area contributed by atoms with Crippen LogP contribution in [-0.2, 0) is 6.54 Å². The van der Waals surface area contributed by atoms with Gasteiger partial charge in [-0.15, -0.1) is 0 Å². The summed E-state index contributed by atoms with van der Waals surface area (Å²) in [5.74, 6) is -0.541. The number of nitrogens with zero attached hydrogens (tertiary/aromatic N) is 2. The second-order valence-electron chi connectivity index (χ2n) is 4.20. The number of nitro benzene ring substituents is 1. The molecule has 0 spiro atoms. The van der Waals surface area contributed by atoms with Gasteiger partial charge in [-0.2, -0.15) is 5.26 Å². The van der Waals surface area contributed by atoms with Gasteiger partial charge in [0.25, 0.3) is 5.69 Å². The monoisotopic (exact) mass is 349 g/mol. The SMILES string of the molecule is N#Cc1ccc(NCc2ccc(Br)c([N+](=O)[O-])c2)c(F)c1. The van der Waals surface area contributed by atoms with E-state index in [1.165, 1.54) is 18.2 Å². The lowest BCUT2D eigenvalue weighted by atomic mass is 10.2. The summed E-state index contributed by atoms with van der Waals surface area (Å²) in [4.78, 5) is 10.3. The molecule has 2 aromatic rings. The average molecular weight is 350 g/mol. The second-order valence-corrected chi connectivity index (χ2v) is 5.06. The zero-order chi connectivity index (χ0) is 15.4. The first-order valence-electron chi connectivity index (χ1n) is 5.87. The summed E-state index contributed by atoms with van der Waals surface area (Å²) < 4.78 is 14.1. The summed E-state index contributed by atoms with van der Waals surface area (Å²) in [6, 6.07) is 10.6. The Labute approximate surface area is 128 Å². The molecular weight excluding hydrogens is 341 g/mol. The van der Waals surface area contributed by atoms with E-state index >= 15 is 0 Å². The number of nitro groups is 1. The van der Waals surface area contributed by atoms with E-state index in [0.717, 1.165) is 6.07 Å². The lowest BCUT2D eigenvalue weighted by Crippen LogP contribution is -2.02. The van der Waals surface area contributed by atoms with Crippen LogP contribution in [0.15, 0.2) is 40.9 Å². The van der Waals surface area contributed by atoms with Crippen LogP contribution in [0.2, 0.25) is 0 Å². The highest BCUT2D eigenvalue weighted by Crippen LogP contribution is 2.26. The van der Waals surface area contributed by atoms with Gasteiger partial charge >= 0.3 is 0 Å². The Balaban J connectivity index is 2.15. The average Bonchev–Trinajstić information content (AvgIpc) is 2.47. The maximum atomic E-state index is 13.7. The fourth-order valence-electron chi connectivity index (χ4n) is 1.73. The van der Waals surface area contributed by atoms with Crippen molar-refractivity contribution in [1.82, 2.24) is 0 Å². The Morgan fingerprint density at radius 1 is 1.33 bits per heavy atom. The molecule has 7 heteroatoms. The Bertz CT molecular complexity index is 743. The minimum Gasteiger partial charge on any atom is -0.379 e. The van der Waals surface area contributed by atoms with Gasteiger partial charge in [0.15, 0.2) is 0 Å². The highest BCUT2D eigenvalue weighted by molar-refractivity contribution is 9.10. The smallest absolute Gasteiger partial charge is 0.283 e. The van der Waals surface area contributed by atoms with E-state index in [1.807, 2.05) is 6.07 Å². The van der Waals surface area contributed by atoms with Crippen molar-refractivity contribution in [2.45, 2.75) is 6.54 Å². The van der Waals surface area contributed by atoms with Crippen molar-refractivity contribution in [3.63, 3.8) is 0 Å². The van der Waals surface area contributed by atoms with Crippen molar-refractivity contribution in [3.8, 4) is 6.07 Å². The van der Waals surface area contributed by atoms with Gasteiger partial charge in [0.1, 0.15) is 5.82 Å². The quantitative estimate of drug-likeness (QED) is 0.668. The lowest BCUT2D eigenvalue weighted by molar-refractivity contribution is -0.385. The fraction of sp³-hybridized carbons (Fsp3) is 0.0714. The Kier molecular flexibility index (Phi) is 4.50. The molecule has 0 bridgehead atoms. The van der Waals surface area contributed by atoms with Gasteiger partial charge in [0.2, 0.25) is 0 Å². The molecule has 0 atom stereocenters. The van der Waals surface area contributed by atoms with E-state index in [2.05, 4.69) is 21.2 Å². The lowest BCUT2D eigenvalue weighted by Gasteiger charge is -2.08. The largest absolute Gasteiger partial charge is 0.379 e. The third-order valence-corrected chi connectivity index (χ3v) is 3.46. The summed E-state index contributed by atoms with van der Waals surface area (Å²) in [5, 5.41) is 22.3. The van der Waals surface area contributed by atoms with Gasteiger partial charge in [-0.05, 0) is 45.8 Å². The van der Waals surface area contributed by atoms with Gasteiger partial charge in [-0.1, -0.05) is 6.07 Å². The highest BCUT2D eigenvalue weighted by atomic mass is 79.9. The van der Waals surface area contributed by atoms with Gasteiger partial charge < -0.3 is 5.32 Å². The molecule has 0 saturated carbocycles. The minimum absolute atomic E-state index is 0.0467. The molecule has 0 saturated heterocycles. The molecule has 21 heavy (non-hydrogen) atoms. The third kappa shape index (κ3) is 3.55. The van der Waals surface area contributed by atoms with Crippen molar-refractivity contribution in [2.24, 2.45) is 0 Å². The zero-order valence-electron chi connectivity index (χ0n) is 10.6. The van der Waals surface area contributed by atoms with Crippen LogP contribution >= 0.6 is 15.9 Å². The Morgan fingerprint density at radius 2 is 2.10 bits per heavy atom. The molecule has 2 rings (SSSR count). The van der Waals surface area contributed by atoms with Crippen molar-refractivity contribution in [2.75, 3.05) is 5.32 Å². The van der Waals surface area contributed by atoms with Crippen LogP contribution in [0.1, 0.15) is 11.1 Å². The van der Waals surface area contributed by atoms with Gasteiger partial charge in [0, 0.05) is 12.6 Å². The first kappa shape index (κ1) is 14.9. The molecule has 2 aromatic carbocycles. The van der Waals surface area contributed by atoms with Crippen molar-refractivity contribution < 1.29 is 9.31 Å². The van der Waals surface area contributed by atoms with Gasteiger partial charge in [0.05, 0.1) is 26.7 Å². The Hall–Kier alpha value is -2.46. The number of nitriles is 1. The van der Waals surface area contributed by atoms with Crippen LogP contribution in [-0.4, -0.2) is 4.92 Å². The van der Waals surface area contributed by atoms with Crippen molar-refractivity contribution in [3.05, 3.63) is 67.9 Å². The van der Waals surface area contributed by atoms with E-state index in [1.54, 1.807) is 12.1 Å². The molecular formula is C14H9BrFN3O2. The fourth-order valence-corrected chi connectivity index (χ4v) is 2.12. The van der Waals surface area contributed by atoms with Crippen LogP contribution in [0, 0.1) is 27.3 Å². The predicted molar refractivity (Wildman–Crippen MR) is 79.2 cm³/mol. The molecule has 0 aliphatic rings. The molecule has 0 unspecified atom stereocenters. The van der Waals surface area contributed by atoms with Gasteiger partial charge in [-0.3, -0.25) is 10.1 Å². The van der Waals surface area contributed by atoms with Gasteiger partial charge in [-0.25, -0.2) is 4.39 Å². The highest BCUT2D eigenvalue weighted by Gasteiger charge is 2.12. The third-order valence-electron chi connectivity index (χ3n) is 2.79. The molecule has 0 fully saturated rings. The number of anilines is 1. The van der Waals surface area contributed by atoms with E-state index < -0.39 is 10.7 Å². The van der Waals surface area contributed by atoms with Crippen LogP contribution in [0.4, 0.5) is 15.8 Å². The predicted octanol–water partition coefficient (Wildman–Crippen LogP) is 3.98. The van der Waals surface area contributed by atoms with E-state index in [0.29, 0.717) is 10.0 Å². The summed E-state index contributed by atoms with van der Waals surface area (Å²) in [7, 11) is 0. The summed E-state index contributed by atoms with van der Waals surface area (Å²) in [6.45, 7) is 0.233. The van der Waals surface area contributed by atoms with E-state index in [4.69, 9.17) is 5.26 Å². The Morgan fingerprint density at radius 3 is 2.71 bits per heavy atom. The maximum absolute atomic E-state index is 13.7. The topological polar surface area (TPSA) is 79.0 Å². The summed E-state index contributed by atoms with van der Waals surface area (Å²) in [6.07, 6.45) is 0. The first-order valence-corrected chi connectivity index (χ1v) is 6.67. The zero-order valence-corrected chi connectivity index (χ0v) is 12.2. The molecule has 0 aliphatic carbocycles. The normalized spacial score (nSPS) is 9.95. The van der Waals surface area contributed by atoms with Crippen LogP contribution < -0.4 is 5.32 Å².